The van der Waals surface area contributed by atoms with E-state index in [0.29, 0.717) is 5.69 Å². The van der Waals surface area contributed by atoms with Crippen molar-refractivity contribution in [3.63, 3.8) is 0 Å². The minimum atomic E-state index is -1.28. The van der Waals surface area contributed by atoms with Crippen LogP contribution in [0.15, 0.2) is 42.5 Å². The second kappa shape index (κ2) is 11.7. The number of benzene rings is 2. The SMILES string of the molecule is Cc1cccc(C)c1NC(=O)C(c1ccccc1O)N(CCO)C(=O)C(C)NC(=O)OC(C)(C)C. The second-order valence-electron chi connectivity index (χ2n) is 9.34. The predicted octanol–water partition coefficient (Wildman–Crippen LogP) is 3.42. The van der Waals surface area contributed by atoms with Gasteiger partial charge in [0, 0.05) is 17.8 Å². The molecule has 0 aliphatic rings. The molecule has 4 N–H and O–H groups in total. The molecule has 0 spiro atoms. The Bertz CT molecular complexity index is 1040. The molecule has 2 atom stereocenters. The van der Waals surface area contributed by atoms with E-state index >= 15 is 0 Å². The average molecular weight is 486 g/mol. The number of phenolic OH excluding ortho intramolecular Hbond substituents is 1. The van der Waals surface area contributed by atoms with Crippen LogP contribution in [-0.2, 0) is 14.3 Å². The van der Waals surface area contributed by atoms with Crippen LogP contribution in [0.4, 0.5) is 10.5 Å². The third-order valence-corrected chi connectivity index (χ3v) is 5.25. The van der Waals surface area contributed by atoms with E-state index < -0.39 is 42.2 Å². The molecule has 2 rings (SSSR count). The lowest BCUT2D eigenvalue weighted by Crippen LogP contribution is -2.52. The fourth-order valence-electron chi connectivity index (χ4n) is 3.64. The fourth-order valence-corrected chi connectivity index (χ4v) is 3.64. The summed E-state index contributed by atoms with van der Waals surface area (Å²) in [6.45, 7) is 9.60. The van der Waals surface area contributed by atoms with Crippen molar-refractivity contribution in [3.8, 4) is 5.75 Å². The van der Waals surface area contributed by atoms with Gasteiger partial charge in [0.2, 0.25) is 5.91 Å². The van der Waals surface area contributed by atoms with Gasteiger partial charge in [-0.1, -0.05) is 36.4 Å². The molecule has 0 aliphatic carbocycles. The smallest absolute Gasteiger partial charge is 0.408 e. The van der Waals surface area contributed by atoms with Crippen molar-refractivity contribution in [3.05, 3.63) is 59.2 Å². The number of anilines is 1. The molecule has 2 aromatic rings. The minimum Gasteiger partial charge on any atom is -0.508 e. The first-order valence-corrected chi connectivity index (χ1v) is 11.4. The zero-order valence-corrected chi connectivity index (χ0v) is 21.1. The highest BCUT2D eigenvalue weighted by Crippen LogP contribution is 2.31. The maximum atomic E-state index is 13.6. The number of ether oxygens (including phenoxy) is 1. The number of phenols is 1. The summed E-state index contributed by atoms with van der Waals surface area (Å²) in [7, 11) is 0. The topological polar surface area (TPSA) is 128 Å². The number of nitrogens with zero attached hydrogens (tertiary/aromatic N) is 1. The van der Waals surface area contributed by atoms with Crippen molar-refractivity contribution in [2.75, 3.05) is 18.5 Å². The van der Waals surface area contributed by atoms with Gasteiger partial charge in [0.15, 0.2) is 0 Å². The Balaban J connectivity index is 2.45. The van der Waals surface area contributed by atoms with Gasteiger partial charge in [0.1, 0.15) is 23.4 Å². The summed E-state index contributed by atoms with van der Waals surface area (Å²) in [5.41, 5.74) is 1.67. The number of aliphatic hydroxyl groups is 1. The standard InChI is InChI=1S/C26H35N3O6/c1-16-10-9-11-17(2)21(16)28-23(32)22(19-12-7-8-13-20(19)31)29(14-15-30)24(33)18(3)27-25(34)35-26(4,5)6/h7-13,18,22,30-31H,14-15H2,1-6H3,(H,27,34)(H,28,32). The van der Waals surface area contributed by atoms with Crippen LogP contribution in [0.2, 0.25) is 0 Å². The first-order valence-electron chi connectivity index (χ1n) is 11.4. The van der Waals surface area contributed by atoms with Crippen LogP contribution >= 0.6 is 0 Å². The molecule has 0 aliphatic heterocycles. The van der Waals surface area contributed by atoms with Crippen LogP contribution in [0.5, 0.6) is 5.75 Å². The molecule has 2 unspecified atom stereocenters. The number of hydrogen-bond acceptors (Lipinski definition) is 6. The van der Waals surface area contributed by atoms with Gasteiger partial charge in [-0.15, -0.1) is 0 Å². The number of amides is 3. The average Bonchev–Trinajstić information content (AvgIpc) is 2.75. The Morgan fingerprint density at radius 3 is 2.17 bits per heavy atom. The number of rotatable bonds is 8. The Hall–Kier alpha value is -3.59. The molecule has 35 heavy (non-hydrogen) atoms. The number of hydrogen-bond donors (Lipinski definition) is 4. The van der Waals surface area contributed by atoms with E-state index in [2.05, 4.69) is 10.6 Å². The summed E-state index contributed by atoms with van der Waals surface area (Å²) < 4.78 is 5.23. The van der Waals surface area contributed by atoms with Gasteiger partial charge in [-0.2, -0.15) is 0 Å². The normalized spacial score (nSPS) is 12.9. The second-order valence-corrected chi connectivity index (χ2v) is 9.34. The van der Waals surface area contributed by atoms with Crippen LogP contribution in [0.3, 0.4) is 0 Å². The number of para-hydroxylation sites is 2. The molecule has 3 amide bonds. The molecule has 2 aromatic carbocycles. The molecular weight excluding hydrogens is 450 g/mol. The first kappa shape index (κ1) is 27.7. The lowest BCUT2D eigenvalue weighted by molar-refractivity contribution is -0.141. The summed E-state index contributed by atoms with van der Waals surface area (Å²) in [5.74, 6) is -1.39. The van der Waals surface area contributed by atoms with E-state index in [0.717, 1.165) is 16.0 Å². The van der Waals surface area contributed by atoms with Gasteiger partial charge in [-0.25, -0.2) is 4.79 Å². The largest absolute Gasteiger partial charge is 0.508 e. The van der Waals surface area contributed by atoms with E-state index in [4.69, 9.17) is 4.74 Å². The van der Waals surface area contributed by atoms with Gasteiger partial charge in [0.25, 0.3) is 5.91 Å². The van der Waals surface area contributed by atoms with Gasteiger partial charge in [0.05, 0.1) is 6.61 Å². The molecule has 0 aromatic heterocycles. The molecule has 9 nitrogen and oxygen atoms in total. The molecule has 0 saturated heterocycles. The number of aliphatic hydroxyl groups excluding tert-OH is 1. The molecular formula is C26H35N3O6. The summed E-state index contributed by atoms with van der Waals surface area (Å²) in [5, 5.41) is 25.6. The monoisotopic (exact) mass is 485 g/mol. The highest BCUT2D eigenvalue weighted by Gasteiger charge is 2.36. The molecule has 0 saturated carbocycles. The summed E-state index contributed by atoms with van der Waals surface area (Å²) in [6.07, 6.45) is -0.790. The predicted molar refractivity (Wildman–Crippen MR) is 133 cm³/mol. The lowest BCUT2D eigenvalue weighted by Gasteiger charge is -2.33. The van der Waals surface area contributed by atoms with Crippen molar-refractivity contribution in [2.24, 2.45) is 0 Å². The van der Waals surface area contributed by atoms with Crippen LogP contribution in [0.25, 0.3) is 0 Å². The van der Waals surface area contributed by atoms with Gasteiger partial charge in [-0.05, 0) is 58.7 Å². The van der Waals surface area contributed by atoms with Gasteiger partial charge >= 0.3 is 6.09 Å². The zero-order valence-electron chi connectivity index (χ0n) is 21.1. The zero-order chi connectivity index (χ0) is 26.3. The van der Waals surface area contributed by atoms with Crippen molar-refractivity contribution in [1.29, 1.82) is 0 Å². The third kappa shape index (κ3) is 7.45. The number of carbonyl (C=O) groups excluding carboxylic acids is 3. The Morgan fingerprint density at radius 2 is 1.63 bits per heavy atom. The lowest BCUT2D eigenvalue weighted by atomic mass is 10.0. The van der Waals surface area contributed by atoms with E-state index in [-0.39, 0.29) is 17.9 Å². The number of nitrogens with one attached hydrogen (secondary N) is 2. The maximum absolute atomic E-state index is 13.6. The molecule has 190 valence electrons. The Labute approximate surface area is 206 Å². The van der Waals surface area contributed by atoms with E-state index in [9.17, 15) is 24.6 Å². The quantitative estimate of drug-likeness (QED) is 0.454. The van der Waals surface area contributed by atoms with Crippen LogP contribution in [0.1, 0.15) is 50.4 Å². The van der Waals surface area contributed by atoms with Gasteiger partial charge in [-0.3, -0.25) is 9.59 Å². The number of carbonyl (C=O) groups is 3. The molecule has 0 bridgehead atoms. The molecule has 0 radical (unpaired) electrons. The Kier molecular flexibility index (Phi) is 9.25. The summed E-state index contributed by atoms with van der Waals surface area (Å²) >= 11 is 0. The third-order valence-electron chi connectivity index (χ3n) is 5.25. The number of aromatic hydroxyl groups is 1. The maximum Gasteiger partial charge on any atom is 0.408 e. The van der Waals surface area contributed by atoms with E-state index in [1.165, 1.54) is 19.1 Å². The van der Waals surface area contributed by atoms with Crippen LogP contribution in [0, 0.1) is 13.8 Å². The van der Waals surface area contributed by atoms with Crippen molar-refractivity contribution in [1.82, 2.24) is 10.2 Å². The molecule has 0 fully saturated rings. The summed E-state index contributed by atoms with van der Waals surface area (Å²) in [4.78, 5) is 40.4. The van der Waals surface area contributed by atoms with Gasteiger partial charge < -0.3 is 30.5 Å². The fraction of sp³-hybridized carbons (Fsp3) is 0.423. The van der Waals surface area contributed by atoms with E-state index in [1.807, 2.05) is 32.0 Å². The van der Waals surface area contributed by atoms with Crippen LogP contribution < -0.4 is 10.6 Å². The minimum absolute atomic E-state index is 0.183. The molecule has 0 heterocycles. The highest BCUT2D eigenvalue weighted by molar-refractivity contribution is 6.00. The molecule has 9 heteroatoms. The first-order chi connectivity index (χ1) is 16.4. The van der Waals surface area contributed by atoms with Crippen molar-refractivity contribution in [2.45, 2.75) is 59.2 Å². The van der Waals surface area contributed by atoms with Crippen LogP contribution in [-0.4, -0.2) is 57.8 Å². The summed E-state index contributed by atoms with van der Waals surface area (Å²) in [6, 6.07) is 9.40. The number of aryl methyl sites for hydroxylation is 2. The highest BCUT2D eigenvalue weighted by atomic mass is 16.6. The van der Waals surface area contributed by atoms with E-state index in [1.54, 1.807) is 32.9 Å². The van der Waals surface area contributed by atoms with Crippen molar-refractivity contribution < 1.29 is 29.3 Å². The number of alkyl carbamates (subject to hydrolysis) is 1. The van der Waals surface area contributed by atoms with Crippen molar-refractivity contribution >= 4 is 23.6 Å². The Morgan fingerprint density at radius 1 is 1.03 bits per heavy atom.